The van der Waals surface area contributed by atoms with E-state index in [1.807, 2.05) is 29.1 Å². The van der Waals surface area contributed by atoms with E-state index in [2.05, 4.69) is 46.4 Å². The fourth-order valence-corrected chi connectivity index (χ4v) is 2.88. The number of nitrogens with zero attached hydrogens (tertiary/aromatic N) is 2. The Labute approximate surface area is 133 Å². The molecule has 0 fully saturated rings. The van der Waals surface area contributed by atoms with Gasteiger partial charge in [-0.15, -0.1) is 0 Å². The van der Waals surface area contributed by atoms with Gasteiger partial charge in [0.05, 0.1) is 12.2 Å². The predicted octanol–water partition coefficient (Wildman–Crippen LogP) is 4.41. The fraction of sp³-hybridized carbons (Fsp3) is 0.400. The van der Waals surface area contributed by atoms with Crippen LogP contribution >= 0.6 is 27.5 Å². The monoisotopic (exact) mass is 355 g/mol. The first-order chi connectivity index (χ1) is 9.65. The van der Waals surface area contributed by atoms with E-state index in [9.17, 15) is 0 Å². The smallest absolute Gasteiger partial charge is 0.0619 e. The molecule has 1 N–H and O–H groups in total. The zero-order chi connectivity index (χ0) is 14.5. The van der Waals surface area contributed by atoms with Crippen molar-refractivity contribution in [1.82, 2.24) is 15.1 Å². The molecule has 20 heavy (non-hydrogen) atoms. The van der Waals surface area contributed by atoms with E-state index in [0.29, 0.717) is 0 Å². The average molecular weight is 357 g/mol. The van der Waals surface area contributed by atoms with Gasteiger partial charge in [0.25, 0.3) is 0 Å². The third kappa shape index (κ3) is 3.62. The van der Waals surface area contributed by atoms with E-state index in [1.165, 1.54) is 0 Å². The molecule has 3 nitrogen and oxygen atoms in total. The highest BCUT2D eigenvalue weighted by Crippen LogP contribution is 2.30. The summed E-state index contributed by atoms with van der Waals surface area (Å²) in [7, 11) is 0. The number of halogens is 2. The number of benzene rings is 1. The molecule has 0 saturated heterocycles. The zero-order valence-corrected chi connectivity index (χ0v) is 14.1. The van der Waals surface area contributed by atoms with Gasteiger partial charge >= 0.3 is 0 Å². The molecular weight excluding hydrogens is 338 g/mol. The van der Waals surface area contributed by atoms with Crippen molar-refractivity contribution in [3.05, 3.63) is 51.2 Å². The van der Waals surface area contributed by atoms with Crippen LogP contribution in [-0.4, -0.2) is 16.3 Å². The molecule has 1 unspecified atom stereocenters. The van der Waals surface area contributed by atoms with Crippen LogP contribution in [0.1, 0.15) is 37.4 Å². The van der Waals surface area contributed by atoms with Crippen LogP contribution in [0.15, 0.2) is 35.1 Å². The van der Waals surface area contributed by atoms with E-state index in [4.69, 9.17) is 11.6 Å². The molecule has 2 rings (SSSR count). The normalized spacial score (nSPS) is 12.6. The van der Waals surface area contributed by atoms with Crippen molar-refractivity contribution in [2.24, 2.45) is 0 Å². The van der Waals surface area contributed by atoms with E-state index >= 15 is 0 Å². The molecule has 1 aromatic carbocycles. The standard InChI is InChI=1S/C15H19BrClN3/c1-3-7-20-10-11(9-19-20)15(18-4-2)13-8-12(17)5-6-14(13)16/h5-6,8-10,15,18H,3-4,7H2,1-2H3. The largest absolute Gasteiger partial charge is 0.306 e. The highest BCUT2D eigenvalue weighted by atomic mass is 79.9. The lowest BCUT2D eigenvalue weighted by Crippen LogP contribution is -2.22. The van der Waals surface area contributed by atoms with Crippen LogP contribution in [0.2, 0.25) is 5.02 Å². The second-order valence-corrected chi connectivity index (χ2v) is 5.98. The SMILES string of the molecule is CCCn1cc(C(NCC)c2cc(Cl)ccc2Br)cn1. The Morgan fingerprint density at radius 2 is 2.20 bits per heavy atom. The molecule has 2 aromatic rings. The third-order valence-electron chi connectivity index (χ3n) is 3.12. The first kappa shape index (κ1) is 15.5. The summed E-state index contributed by atoms with van der Waals surface area (Å²) in [6.45, 7) is 6.07. The van der Waals surface area contributed by atoms with Crippen molar-refractivity contribution in [3.8, 4) is 0 Å². The number of aryl methyl sites for hydroxylation is 1. The minimum atomic E-state index is 0.0960. The molecule has 0 saturated carbocycles. The number of aromatic nitrogens is 2. The highest BCUT2D eigenvalue weighted by Gasteiger charge is 2.18. The summed E-state index contributed by atoms with van der Waals surface area (Å²) in [4.78, 5) is 0. The first-order valence-electron chi connectivity index (χ1n) is 6.86. The van der Waals surface area contributed by atoms with Gasteiger partial charge in [0.1, 0.15) is 0 Å². The Hall–Kier alpha value is -0.840. The quantitative estimate of drug-likeness (QED) is 0.831. The van der Waals surface area contributed by atoms with Crippen molar-refractivity contribution < 1.29 is 0 Å². The Morgan fingerprint density at radius 1 is 1.40 bits per heavy atom. The lowest BCUT2D eigenvalue weighted by Gasteiger charge is -2.18. The van der Waals surface area contributed by atoms with Crippen molar-refractivity contribution >= 4 is 27.5 Å². The van der Waals surface area contributed by atoms with Crippen molar-refractivity contribution in [2.75, 3.05) is 6.54 Å². The predicted molar refractivity (Wildman–Crippen MR) is 87.2 cm³/mol. The second-order valence-electron chi connectivity index (χ2n) is 4.69. The van der Waals surface area contributed by atoms with Crippen LogP contribution in [0.25, 0.3) is 0 Å². The maximum absolute atomic E-state index is 6.13. The molecule has 0 spiro atoms. The first-order valence-corrected chi connectivity index (χ1v) is 8.03. The summed E-state index contributed by atoms with van der Waals surface area (Å²) in [6, 6.07) is 5.96. The summed E-state index contributed by atoms with van der Waals surface area (Å²) in [5, 5.41) is 8.65. The van der Waals surface area contributed by atoms with E-state index in [0.717, 1.165) is 40.1 Å². The molecule has 0 amide bonds. The van der Waals surface area contributed by atoms with Crippen LogP contribution in [0.3, 0.4) is 0 Å². The molecule has 0 aliphatic heterocycles. The van der Waals surface area contributed by atoms with Crippen LogP contribution < -0.4 is 5.32 Å². The number of hydrogen-bond acceptors (Lipinski definition) is 2. The van der Waals surface area contributed by atoms with Gasteiger partial charge in [0, 0.05) is 27.8 Å². The molecule has 108 valence electrons. The highest BCUT2D eigenvalue weighted by molar-refractivity contribution is 9.10. The molecule has 0 radical (unpaired) electrons. The minimum Gasteiger partial charge on any atom is -0.306 e. The van der Waals surface area contributed by atoms with Gasteiger partial charge in [0.2, 0.25) is 0 Å². The van der Waals surface area contributed by atoms with Crippen LogP contribution in [0, 0.1) is 0 Å². The zero-order valence-electron chi connectivity index (χ0n) is 11.7. The van der Waals surface area contributed by atoms with Gasteiger partial charge in [-0.3, -0.25) is 4.68 Å². The minimum absolute atomic E-state index is 0.0960. The summed E-state index contributed by atoms with van der Waals surface area (Å²) in [5.74, 6) is 0. The number of nitrogens with one attached hydrogen (secondary N) is 1. The number of rotatable bonds is 6. The van der Waals surface area contributed by atoms with Crippen LogP contribution in [0.4, 0.5) is 0 Å². The van der Waals surface area contributed by atoms with E-state index in [-0.39, 0.29) is 6.04 Å². The molecule has 1 aromatic heterocycles. The number of hydrogen-bond donors (Lipinski definition) is 1. The van der Waals surface area contributed by atoms with Gasteiger partial charge < -0.3 is 5.32 Å². The molecule has 5 heteroatoms. The van der Waals surface area contributed by atoms with E-state index in [1.54, 1.807) is 0 Å². The third-order valence-corrected chi connectivity index (χ3v) is 4.07. The summed E-state index contributed by atoms with van der Waals surface area (Å²) < 4.78 is 3.04. The fourth-order valence-electron chi connectivity index (χ4n) is 2.23. The van der Waals surface area contributed by atoms with Gasteiger partial charge in [-0.05, 0) is 36.7 Å². The van der Waals surface area contributed by atoms with Crippen molar-refractivity contribution in [3.63, 3.8) is 0 Å². The summed E-state index contributed by atoms with van der Waals surface area (Å²) in [5.41, 5.74) is 2.29. The van der Waals surface area contributed by atoms with Gasteiger partial charge in [-0.2, -0.15) is 5.10 Å². The van der Waals surface area contributed by atoms with Crippen LogP contribution in [-0.2, 0) is 6.54 Å². The lowest BCUT2D eigenvalue weighted by molar-refractivity contribution is 0.597. The second kappa shape index (κ2) is 7.25. The van der Waals surface area contributed by atoms with Crippen molar-refractivity contribution in [2.45, 2.75) is 32.9 Å². The maximum Gasteiger partial charge on any atom is 0.0619 e. The van der Waals surface area contributed by atoms with Gasteiger partial charge in [0.15, 0.2) is 0 Å². The molecule has 1 atom stereocenters. The Morgan fingerprint density at radius 3 is 2.90 bits per heavy atom. The average Bonchev–Trinajstić information content (AvgIpc) is 2.88. The molecule has 0 aliphatic carbocycles. The van der Waals surface area contributed by atoms with Gasteiger partial charge in [-0.25, -0.2) is 0 Å². The Kier molecular flexibility index (Phi) is 5.64. The van der Waals surface area contributed by atoms with Crippen molar-refractivity contribution in [1.29, 1.82) is 0 Å². The Balaban J connectivity index is 2.36. The van der Waals surface area contributed by atoms with E-state index < -0.39 is 0 Å². The maximum atomic E-state index is 6.13. The lowest BCUT2D eigenvalue weighted by atomic mass is 10.0. The molecular formula is C15H19BrClN3. The molecule has 0 bridgehead atoms. The summed E-state index contributed by atoms with van der Waals surface area (Å²) in [6.07, 6.45) is 5.11. The molecule has 1 heterocycles. The topological polar surface area (TPSA) is 29.9 Å². The summed E-state index contributed by atoms with van der Waals surface area (Å²) >= 11 is 9.74. The van der Waals surface area contributed by atoms with Crippen LogP contribution in [0.5, 0.6) is 0 Å². The molecule has 0 aliphatic rings. The van der Waals surface area contributed by atoms with Gasteiger partial charge in [-0.1, -0.05) is 41.4 Å². The Bertz CT molecular complexity index is 568.